The summed E-state index contributed by atoms with van der Waals surface area (Å²) in [7, 11) is 0. The van der Waals surface area contributed by atoms with Crippen LogP contribution in [-0.2, 0) is 6.42 Å². The van der Waals surface area contributed by atoms with E-state index < -0.39 is 0 Å². The van der Waals surface area contributed by atoms with E-state index in [4.69, 9.17) is 4.74 Å². The normalized spacial score (nSPS) is 16.2. The monoisotopic (exact) mass is 220 g/mol. The van der Waals surface area contributed by atoms with Crippen LogP contribution in [-0.4, -0.2) is 10.7 Å². The lowest BCUT2D eigenvalue weighted by Crippen LogP contribution is -2.23. The van der Waals surface area contributed by atoms with Gasteiger partial charge >= 0.3 is 0 Å². The second-order valence-electron chi connectivity index (χ2n) is 5.63. The predicted molar refractivity (Wildman–Crippen MR) is 64.9 cm³/mol. The zero-order chi connectivity index (χ0) is 11.8. The van der Waals surface area contributed by atoms with E-state index in [1.807, 2.05) is 39.0 Å². The van der Waals surface area contributed by atoms with Crippen LogP contribution in [0.5, 0.6) is 11.5 Å². The summed E-state index contributed by atoms with van der Waals surface area (Å²) in [4.78, 5) is 0. The number of benzene rings is 1. The van der Waals surface area contributed by atoms with Crippen LogP contribution in [0.4, 0.5) is 0 Å². The van der Waals surface area contributed by atoms with Crippen LogP contribution in [0.1, 0.15) is 39.2 Å². The van der Waals surface area contributed by atoms with Crippen LogP contribution in [0.25, 0.3) is 0 Å². The lowest BCUT2D eigenvalue weighted by molar-refractivity contribution is 0.125. The molecule has 1 aromatic carbocycles. The first-order valence-electron chi connectivity index (χ1n) is 5.95. The Kier molecular flexibility index (Phi) is 2.83. The highest BCUT2D eigenvalue weighted by molar-refractivity contribution is 5.46. The third-order valence-corrected chi connectivity index (χ3v) is 2.70. The highest BCUT2D eigenvalue weighted by Crippen LogP contribution is 2.38. The van der Waals surface area contributed by atoms with Crippen molar-refractivity contribution in [3.8, 4) is 11.5 Å². The third-order valence-electron chi connectivity index (χ3n) is 2.70. The van der Waals surface area contributed by atoms with Crippen molar-refractivity contribution in [2.24, 2.45) is 5.92 Å². The van der Waals surface area contributed by atoms with Crippen molar-refractivity contribution in [3.63, 3.8) is 0 Å². The van der Waals surface area contributed by atoms with Gasteiger partial charge in [-0.15, -0.1) is 0 Å². The second kappa shape index (κ2) is 4.00. The Morgan fingerprint density at radius 2 is 2.00 bits per heavy atom. The van der Waals surface area contributed by atoms with Crippen LogP contribution >= 0.6 is 0 Å². The highest BCUT2D eigenvalue weighted by atomic mass is 16.5. The minimum absolute atomic E-state index is 0.268. The van der Waals surface area contributed by atoms with Gasteiger partial charge in [0.2, 0.25) is 0 Å². The fraction of sp³-hybridized carbons (Fsp3) is 0.571. The molecule has 2 rings (SSSR count). The Morgan fingerprint density at radius 3 is 2.56 bits per heavy atom. The molecule has 0 amide bonds. The smallest absolute Gasteiger partial charge is 0.162 e. The molecule has 0 atom stereocenters. The molecule has 2 nitrogen and oxygen atoms in total. The molecular formula is C14H20O2. The Hall–Kier alpha value is -1.18. The SMILES string of the molecule is CC(C)(C)Oc1cccc(CC2CC2)c1O. The fourth-order valence-electron chi connectivity index (χ4n) is 1.78. The van der Waals surface area contributed by atoms with E-state index >= 15 is 0 Å². The molecule has 0 saturated heterocycles. The van der Waals surface area contributed by atoms with E-state index in [0.29, 0.717) is 11.5 Å². The Morgan fingerprint density at radius 1 is 1.31 bits per heavy atom. The van der Waals surface area contributed by atoms with Gasteiger partial charge < -0.3 is 9.84 Å². The minimum atomic E-state index is -0.268. The Labute approximate surface area is 97.3 Å². The van der Waals surface area contributed by atoms with Crippen LogP contribution in [0, 0.1) is 5.92 Å². The summed E-state index contributed by atoms with van der Waals surface area (Å²) in [6.45, 7) is 5.96. The van der Waals surface area contributed by atoms with Crippen molar-refractivity contribution in [2.75, 3.05) is 0 Å². The number of ether oxygens (including phenoxy) is 1. The topological polar surface area (TPSA) is 29.5 Å². The molecule has 1 saturated carbocycles. The Bertz CT molecular complexity index is 373. The molecule has 0 heterocycles. The predicted octanol–water partition coefficient (Wildman–Crippen LogP) is 3.52. The molecule has 1 aliphatic rings. The second-order valence-corrected chi connectivity index (χ2v) is 5.63. The van der Waals surface area contributed by atoms with E-state index in [1.54, 1.807) is 0 Å². The van der Waals surface area contributed by atoms with Crippen LogP contribution in [0.15, 0.2) is 18.2 Å². The van der Waals surface area contributed by atoms with Crippen LogP contribution in [0.2, 0.25) is 0 Å². The summed E-state index contributed by atoms with van der Waals surface area (Å²) < 4.78 is 5.73. The van der Waals surface area contributed by atoms with Crippen molar-refractivity contribution in [1.29, 1.82) is 0 Å². The standard InChI is InChI=1S/C14H20O2/c1-14(2,3)16-12-6-4-5-11(13(12)15)9-10-7-8-10/h4-6,10,15H,7-9H2,1-3H3. The molecule has 1 N–H and O–H groups in total. The number of rotatable bonds is 3. The maximum absolute atomic E-state index is 10.1. The quantitative estimate of drug-likeness (QED) is 0.844. The van der Waals surface area contributed by atoms with Crippen LogP contribution in [0.3, 0.4) is 0 Å². The molecule has 0 spiro atoms. The summed E-state index contributed by atoms with van der Waals surface area (Å²) in [5, 5.41) is 10.1. The third kappa shape index (κ3) is 2.91. The summed E-state index contributed by atoms with van der Waals surface area (Å²) in [6, 6.07) is 5.78. The van der Waals surface area contributed by atoms with Crippen molar-refractivity contribution < 1.29 is 9.84 Å². The van der Waals surface area contributed by atoms with Gasteiger partial charge in [0.15, 0.2) is 11.5 Å². The largest absolute Gasteiger partial charge is 0.504 e. The molecule has 0 radical (unpaired) electrons. The summed E-state index contributed by atoms with van der Waals surface area (Å²) in [6.07, 6.45) is 3.57. The van der Waals surface area contributed by atoms with Gasteiger partial charge in [-0.2, -0.15) is 0 Å². The van der Waals surface area contributed by atoms with Gasteiger partial charge in [-0.25, -0.2) is 0 Å². The molecular weight excluding hydrogens is 200 g/mol. The molecule has 16 heavy (non-hydrogen) atoms. The van der Waals surface area contributed by atoms with E-state index in [9.17, 15) is 5.11 Å². The summed E-state index contributed by atoms with van der Waals surface area (Å²) in [5.74, 6) is 1.70. The zero-order valence-electron chi connectivity index (χ0n) is 10.3. The first kappa shape index (κ1) is 11.3. The number of hydrogen-bond acceptors (Lipinski definition) is 2. The van der Waals surface area contributed by atoms with Gasteiger partial charge in [0.25, 0.3) is 0 Å². The number of phenolic OH excluding ortho intramolecular Hbond substituents is 1. The lowest BCUT2D eigenvalue weighted by Gasteiger charge is -2.22. The Balaban J connectivity index is 2.18. The molecule has 1 aliphatic carbocycles. The van der Waals surface area contributed by atoms with E-state index in [0.717, 1.165) is 17.9 Å². The molecule has 2 heteroatoms. The maximum Gasteiger partial charge on any atom is 0.162 e. The van der Waals surface area contributed by atoms with Crippen molar-refractivity contribution in [2.45, 2.75) is 45.6 Å². The molecule has 88 valence electrons. The minimum Gasteiger partial charge on any atom is -0.504 e. The first-order valence-corrected chi connectivity index (χ1v) is 5.95. The van der Waals surface area contributed by atoms with E-state index in [1.165, 1.54) is 12.8 Å². The average Bonchev–Trinajstić information content (AvgIpc) is 2.93. The van der Waals surface area contributed by atoms with Crippen molar-refractivity contribution >= 4 is 0 Å². The fourth-order valence-corrected chi connectivity index (χ4v) is 1.78. The zero-order valence-corrected chi connectivity index (χ0v) is 10.3. The van der Waals surface area contributed by atoms with E-state index in [2.05, 4.69) is 0 Å². The van der Waals surface area contributed by atoms with Gasteiger partial charge in [-0.05, 0) is 57.6 Å². The van der Waals surface area contributed by atoms with Crippen molar-refractivity contribution in [1.82, 2.24) is 0 Å². The van der Waals surface area contributed by atoms with Crippen LogP contribution < -0.4 is 4.74 Å². The van der Waals surface area contributed by atoms with Gasteiger partial charge in [0, 0.05) is 0 Å². The molecule has 0 bridgehead atoms. The summed E-state index contributed by atoms with van der Waals surface area (Å²) >= 11 is 0. The van der Waals surface area contributed by atoms with Gasteiger partial charge in [0.05, 0.1) is 0 Å². The maximum atomic E-state index is 10.1. The van der Waals surface area contributed by atoms with Gasteiger partial charge in [0.1, 0.15) is 5.60 Å². The van der Waals surface area contributed by atoms with E-state index in [-0.39, 0.29) is 5.60 Å². The molecule has 0 unspecified atom stereocenters. The molecule has 0 aliphatic heterocycles. The van der Waals surface area contributed by atoms with Gasteiger partial charge in [-0.3, -0.25) is 0 Å². The van der Waals surface area contributed by atoms with Crippen molar-refractivity contribution in [3.05, 3.63) is 23.8 Å². The first-order chi connectivity index (χ1) is 7.46. The average molecular weight is 220 g/mol. The molecule has 0 aromatic heterocycles. The summed E-state index contributed by atoms with van der Waals surface area (Å²) in [5.41, 5.74) is 0.750. The lowest BCUT2D eigenvalue weighted by atomic mass is 10.1. The highest BCUT2D eigenvalue weighted by Gasteiger charge is 2.24. The van der Waals surface area contributed by atoms with Gasteiger partial charge in [-0.1, -0.05) is 12.1 Å². The number of hydrogen-bond donors (Lipinski definition) is 1. The number of aromatic hydroxyl groups is 1. The molecule has 1 fully saturated rings. The number of phenols is 1. The molecule has 1 aromatic rings. The number of para-hydroxylation sites is 1.